The van der Waals surface area contributed by atoms with Gasteiger partial charge in [0.2, 0.25) is 5.91 Å². The summed E-state index contributed by atoms with van der Waals surface area (Å²) in [5, 5.41) is 9.47. The Hall–Kier alpha value is -2.08. The molecule has 3 N–H and O–H groups in total. The number of phenolic OH excluding ortho intramolecular Hbond substituents is 1. The van der Waals surface area contributed by atoms with Crippen LogP contribution in [0.3, 0.4) is 0 Å². The van der Waals surface area contributed by atoms with E-state index in [9.17, 15) is 14.7 Å². The highest BCUT2D eigenvalue weighted by molar-refractivity contribution is 5.94. The normalized spacial score (nSPS) is 17.0. The third-order valence-corrected chi connectivity index (χ3v) is 4.17. The van der Waals surface area contributed by atoms with E-state index in [1.807, 2.05) is 20.8 Å². The lowest BCUT2D eigenvalue weighted by Gasteiger charge is -2.38. The molecule has 2 amide bonds. The smallest absolute Gasteiger partial charge is 0.254 e. The van der Waals surface area contributed by atoms with Crippen LogP contribution in [-0.2, 0) is 4.79 Å². The second-order valence-corrected chi connectivity index (χ2v) is 7.01. The van der Waals surface area contributed by atoms with Crippen molar-refractivity contribution in [1.82, 2.24) is 9.80 Å². The second-order valence-electron chi connectivity index (χ2n) is 7.01. The molecule has 0 spiro atoms. The summed E-state index contributed by atoms with van der Waals surface area (Å²) < 4.78 is 0. The third kappa shape index (κ3) is 4.01. The minimum Gasteiger partial charge on any atom is -0.508 e. The Morgan fingerprint density at radius 1 is 1.13 bits per heavy atom. The van der Waals surface area contributed by atoms with Gasteiger partial charge in [-0.1, -0.05) is 26.8 Å². The maximum atomic E-state index is 12.4. The third-order valence-electron chi connectivity index (χ3n) is 4.17. The Balaban J connectivity index is 1.96. The summed E-state index contributed by atoms with van der Waals surface area (Å²) in [5.74, 6) is -0.129. The van der Waals surface area contributed by atoms with E-state index in [1.54, 1.807) is 21.9 Å². The molecule has 0 radical (unpaired) electrons. The predicted molar refractivity (Wildman–Crippen MR) is 88.0 cm³/mol. The molecule has 0 aliphatic carbocycles. The van der Waals surface area contributed by atoms with E-state index >= 15 is 0 Å². The first-order valence-electron chi connectivity index (χ1n) is 7.83. The van der Waals surface area contributed by atoms with E-state index in [4.69, 9.17) is 5.73 Å². The number of benzene rings is 1. The largest absolute Gasteiger partial charge is 0.508 e. The van der Waals surface area contributed by atoms with Crippen molar-refractivity contribution < 1.29 is 14.7 Å². The number of nitrogens with zero attached hydrogens (tertiary/aromatic N) is 2. The van der Waals surface area contributed by atoms with Gasteiger partial charge in [-0.05, 0) is 23.6 Å². The zero-order chi connectivity index (χ0) is 17.2. The van der Waals surface area contributed by atoms with Crippen LogP contribution in [0.1, 0.15) is 31.1 Å². The van der Waals surface area contributed by atoms with Crippen molar-refractivity contribution in [1.29, 1.82) is 0 Å². The summed E-state index contributed by atoms with van der Waals surface area (Å²) in [5.41, 5.74) is 6.20. The maximum Gasteiger partial charge on any atom is 0.254 e. The highest BCUT2D eigenvalue weighted by Gasteiger charge is 2.33. The molecule has 1 aromatic rings. The van der Waals surface area contributed by atoms with Gasteiger partial charge in [0.25, 0.3) is 5.91 Å². The van der Waals surface area contributed by atoms with Crippen molar-refractivity contribution in [2.45, 2.75) is 26.8 Å². The van der Waals surface area contributed by atoms with Crippen LogP contribution in [0.15, 0.2) is 24.3 Å². The molecule has 1 heterocycles. The van der Waals surface area contributed by atoms with E-state index in [0.29, 0.717) is 31.7 Å². The van der Waals surface area contributed by atoms with Crippen LogP contribution < -0.4 is 5.73 Å². The molecule has 0 aromatic heterocycles. The minimum absolute atomic E-state index is 0.0676. The van der Waals surface area contributed by atoms with Gasteiger partial charge >= 0.3 is 0 Å². The molecule has 0 bridgehead atoms. The molecule has 1 aliphatic heterocycles. The fourth-order valence-electron chi connectivity index (χ4n) is 2.52. The van der Waals surface area contributed by atoms with Crippen LogP contribution in [0.25, 0.3) is 0 Å². The Labute approximate surface area is 136 Å². The molecule has 6 heteroatoms. The van der Waals surface area contributed by atoms with Gasteiger partial charge in [-0.2, -0.15) is 0 Å². The number of hydrogen-bond acceptors (Lipinski definition) is 4. The molecular formula is C17H25N3O3. The Kier molecular flexibility index (Phi) is 4.94. The summed E-state index contributed by atoms with van der Waals surface area (Å²) in [6.45, 7) is 7.72. The predicted octanol–water partition coefficient (Wildman–Crippen LogP) is 1.05. The van der Waals surface area contributed by atoms with Gasteiger partial charge in [-0.15, -0.1) is 0 Å². The molecule has 1 aliphatic rings. The van der Waals surface area contributed by atoms with Gasteiger partial charge in [0.05, 0.1) is 6.04 Å². The SMILES string of the molecule is CC(C)(C)[C@H](N)C(=O)N1CCN(C(=O)c2cccc(O)c2)CC1. The molecule has 126 valence electrons. The maximum absolute atomic E-state index is 12.4. The van der Waals surface area contributed by atoms with Crippen molar-refractivity contribution in [3.8, 4) is 5.75 Å². The standard InChI is InChI=1S/C17H25N3O3/c1-17(2,3)14(18)16(23)20-9-7-19(8-10-20)15(22)12-5-4-6-13(21)11-12/h4-6,11,14,21H,7-10,18H2,1-3H3/t14-/m1/s1. The highest BCUT2D eigenvalue weighted by atomic mass is 16.3. The van der Waals surface area contributed by atoms with Crippen molar-refractivity contribution in [2.75, 3.05) is 26.2 Å². The second kappa shape index (κ2) is 6.58. The Bertz CT molecular complexity index is 587. The van der Waals surface area contributed by atoms with Gasteiger partial charge in [-0.25, -0.2) is 0 Å². The number of piperazine rings is 1. The number of carbonyl (C=O) groups is 2. The van der Waals surface area contributed by atoms with Crippen molar-refractivity contribution >= 4 is 11.8 Å². The number of aromatic hydroxyl groups is 1. The topological polar surface area (TPSA) is 86.9 Å². The molecule has 6 nitrogen and oxygen atoms in total. The Morgan fingerprint density at radius 2 is 1.70 bits per heavy atom. The van der Waals surface area contributed by atoms with Gasteiger partial charge in [0.1, 0.15) is 5.75 Å². The summed E-state index contributed by atoms with van der Waals surface area (Å²) in [7, 11) is 0. The quantitative estimate of drug-likeness (QED) is 0.853. The molecule has 1 fully saturated rings. The van der Waals surface area contributed by atoms with Gasteiger partial charge < -0.3 is 20.6 Å². The number of carbonyl (C=O) groups excluding carboxylic acids is 2. The van der Waals surface area contributed by atoms with E-state index in [-0.39, 0.29) is 23.0 Å². The summed E-state index contributed by atoms with van der Waals surface area (Å²) in [6, 6.07) is 5.76. The van der Waals surface area contributed by atoms with E-state index in [0.717, 1.165) is 0 Å². The molecule has 1 atom stereocenters. The molecule has 2 rings (SSSR count). The zero-order valence-corrected chi connectivity index (χ0v) is 14.0. The lowest BCUT2D eigenvalue weighted by atomic mass is 9.86. The molecular weight excluding hydrogens is 294 g/mol. The number of hydrogen-bond donors (Lipinski definition) is 2. The lowest BCUT2D eigenvalue weighted by Crippen LogP contribution is -2.56. The first-order valence-corrected chi connectivity index (χ1v) is 7.83. The van der Waals surface area contributed by atoms with Gasteiger partial charge in [0, 0.05) is 31.7 Å². The monoisotopic (exact) mass is 319 g/mol. The van der Waals surface area contributed by atoms with Crippen molar-refractivity contribution in [3.63, 3.8) is 0 Å². The number of phenols is 1. The van der Waals surface area contributed by atoms with Crippen LogP contribution in [0.5, 0.6) is 5.75 Å². The summed E-state index contributed by atoms with van der Waals surface area (Å²) in [4.78, 5) is 28.2. The van der Waals surface area contributed by atoms with Gasteiger partial charge in [-0.3, -0.25) is 9.59 Å². The lowest BCUT2D eigenvalue weighted by molar-refractivity contribution is -0.136. The van der Waals surface area contributed by atoms with Crippen LogP contribution in [-0.4, -0.2) is 58.9 Å². The zero-order valence-electron chi connectivity index (χ0n) is 14.0. The fraction of sp³-hybridized carbons (Fsp3) is 0.529. The van der Waals surface area contributed by atoms with Crippen molar-refractivity contribution in [2.24, 2.45) is 11.1 Å². The fourth-order valence-corrected chi connectivity index (χ4v) is 2.52. The van der Waals surface area contributed by atoms with Crippen LogP contribution >= 0.6 is 0 Å². The average molecular weight is 319 g/mol. The van der Waals surface area contributed by atoms with Crippen LogP contribution in [0.2, 0.25) is 0 Å². The van der Waals surface area contributed by atoms with Gasteiger partial charge in [0.15, 0.2) is 0 Å². The van der Waals surface area contributed by atoms with Crippen LogP contribution in [0, 0.1) is 5.41 Å². The summed E-state index contributed by atoms with van der Waals surface area (Å²) in [6.07, 6.45) is 0. The highest BCUT2D eigenvalue weighted by Crippen LogP contribution is 2.20. The number of rotatable bonds is 2. The molecule has 0 unspecified atom stereocenters. The Morgan fingerprint density at radius 3 is 2.22 bits per heavy atom. The first-order chi connectivity index (χ1) is 10.7. The van der Waals surface area contributed by atoms with E-state index < -0.39 is 6.04 Å². The van der Waals surface area contributed by atoms with E-state index in [1.165, 1.54) is 12.1 Å². The molecule has 1 saturated heterocycles. The van der Waals surface area contributed by atoms with Crippen molar-refractivity contribution in [3.05, 3.63) is 29.8 Å². The average Bonchev–Trinajstić information content (AvgIpc) is 2.52. The minimum atomic E-state index is -0.546. The van der Waals surface area contributed by atoms with Crippen LogP contribution in [0.4, 0.5) is 0 Å². The molecule has 0 saturated carbocycles. The number of nitrogens with two attached hydrogens (primary N) is 1. The first kappa shape index (κ1) is 17.3. The number of amides is 2. The van der Waals surface area contributed by atoms with E-state index in [2.05, 4.69) is 0 Å². The molecule has 1 aromatic carbocycles. The summed E-state index contributed by atoms with van der Waals surface area (Å²) >= 11 is 0. The molecule has 23 heavy (non-hydrogen) atoms.